The number of hydrogen-bond acceptors (Lipinski definition) is 9. The average Bonchev–Trinajstić information content (AvgIpc) is 3.30. The number of benzene rings is 1. The number of pyridine rings is 1. The molecule has 37 heavy (non-hydrogen) atoms. The van der Waals surface area contributed by atoms with Crippen molar-refractivity contribution in [3.63, 3.8) is 0 Å². The number of ether oxygens (including phenoxy) is 3. The van der Waals surface area contributed by atoms with Gasteiger partial charge in [-0.2, -0.15) is 0 Å². The Morgan fingerprint density at radius 1 is 1.11 bits per heavy atom. The van der Waals surface area contributed by atoms with Crippen LogP contribution in [0.15, 0.2) is 76.0 Å². The Kier molecular flexibility index (Phi) is 8.97. The molecule has 9 nitrogen and oxygen atoms in total. The highest BCUT2D eigenvalue weighted by Crippen LogP contribution is 2.45. The molecule has 0 saturated heterocycles. The van der Waals surface area contributed by atoms with Crippen LogP contribution in [0.5, 0.6) is 5.75 Å². The molecule has 10 heteroatoms. The van der Waals surface area contributed by atoms with Gasteiger partial charge >= 0.3 is 5.97 Å². The third kappa shape index (κ3) is 6.39. The van der Waals surface area contributed by atoms with E-state index in [1.807, 2.05) is 52.8 Å². The number of amides is 1. The molecule has 1 aromatic heterocycles. The lowest BCUT2D eigenvalue weighted by Gasteiger charge is -2.36. The third-order valence-electron chi connectivity index (χ3n) is 5.94. The van der Waals surface area contributed by atoms with Crippen LogP contribution in [0.1, 0.15) is 30.6 Å². The Morgan fingerprint density at radius 2 is 1.92 bits per heavy atom. The first-order valence-electron chi connectivity index (χ1n) is 11.9. The van der Waals surface area contributed by atoms with Crippen LogP contribution in [0.2, 0.25) is 0 Å². The number of rotatable bonds is 11. The van der Waals surface area contributed by atoms with Crippen LogP contribution in [-0.2, 0) is 25.5 Å². The first-order chi connectivity index (χ1) is 18.0. The second-order valence-electron chi connectivity index (χ2n) is 8.39. The zero-order valence-corrected chi connectivity index (χ0v) is 21.9. The Hall–Kier alpha value is -3.63. The van der Waals surface area contributed by atoms with Crippen molar-refractivity contribution in [1.82, 2.24) is 15.2 Å². The number of hydrogen-bond donors (Lipinski definition) is 1. The van der Waals surface area contributed by atoms with Crippen molar-refractivity contribution in [3.8, 4) is 5.75 Å². The van der Waals surface area contributed by atoms with E-state index in [2.05, 4.69) is 15.3 Å². The molecule has 2 aromatic rings. The molecule has 2 aliphatic rings. The van der Waals surface area contributed by atoms with Crippen molar-refractivity contribution in [2.24, 2.45) is 4.99 Å². The first kappa shape index (κ1) is 26.4. The number of amidine groups is 1. The largest absolute Gasteiger partial charge is 0.497 e. The van der Waals surface area contributed by atoms with Crippen LogP contribution < -0.4 is 10.1 Å². The van der Waals surface area contributed by atoms with Crippen molar-refractivity contribution in [3.05, 3.63) is 82.3 Å². The summed E-state index contributed by atoms with van der Waals surface area (Å²) in [7, 11) is 3.16. The van der Waals surface area contributed by atoms with Gasteiger partial charge in [0.2, 0.25) is 5.91 Å². The van der Waals surface area contributed by atoms with Gasteiger partial charge < -0.3 is 24.4 Å². The summed E-state index contributed by atoms with van der Waals surface area (Å²) in [4.78, 5) is 37.0. The fourth-order valence-electron chi connectivity index (χ4n) is 4.13. The lowest BCUT2D eigenvalue weighted by Crippen LogP contribution is -2.38. The molecule has 0 saturated carbocycles. The van der Waals surface area contributed by atoms with Gasteiger partial charge in [0.05, 0.1) is 37.4 Å². The molecule has 0 bridgehead atoms. The van der Waals surface area contributed by atoms with Crippen LogP contribution in [-0.4, -0.2) is 60.9 Å². The molecule has 3 heterocycles. The van der Waals surface area contributed by atoms with E-state index in [4.69, 9.17) is 14.2 Å². The van der Waals surface area contributed by atoms with Gasteiger partial charge in [0.15, 0.2) is 5.17 Å². The quantitative estimate of drug-likeness (QED) is 0.353. The van der Waals surface area contributed by atoms with Crippen LogP contribution in [0.25, 0.3) is 0 Å². The fourth-order valence-corrected chi connectivity index (χ4v) is 5.10. The van der Waals surface area contributed by atoms with Gasteiger partial charge in [0, 0.05) is 37.7 Å². The van der Waals surface area contributed by atoms with Crippen molar-refractivity contribution in [2.45, 2.75) is 25.8 Å². The Labute approximate surface area is 220 Å². The maximum Gasteiger partial charge on any atom is 0.338 e. The number of esters is 1. The summed E-state index contributed by atoms with van der Waals surface area (Å²) in [5.41, 5.74) is 3.54. The summed E-state index contributed by atoms with van der Waals surface area (Å²) in [5, 5.41) is 5.60. The van der Waals surface area contributed by atoms with E-state index in [0.717, 1.165) is 17.0 Å². The number of aromatic nitrogens is 1. The number of aliphatic imine (C=N–C) groups is 1. The number of carbonyl (C=O) groups excluding carboxylic acids is 2. The normalized spacial score (nSPS) is 16.6. The van der Waals surface area contributed by atoms with Crippen molar-refractivity contribution in [1.29, 1.82) is 0 Å². The van der Waals surface area contributed by atoms with Crippen LogP contribution >= 0.6 is 11.8 Å². The fraction of sp³-hybridized carbons (Fsp3) is 0.333. The SMILES string of the molecule is COCCOC(=O)C1=C(C)N=C2SC=C(CC(=O)NCCc3ccccn3)N2C1c1ccc(OC)cc1. The Bertz CT molecular complexity index is 1210. The van der Waals surface area contributed by atoms with Gasteiger partial charge in [-0.3, -0.25) is 9.78 Å². The second kappa shape index (κ2) is 12.6. The van der Waals surface area contributed by atoms with E-state index in [9.17, 15) is 9.59 Å². The summed E-state index contributed by atoms with van der Waals surface area (Å²) in [6.45, 7) is 2.71. The van der Waals surface area contributed by atoms with E-state index < -0.39 is 12.0 Å². The van der Waals surface area contributed by atoms with Gasteiger partial charge in [0.25, 0.3) is 0 Å². The predicted octanol–water partition coefficient (Wildman–Crippen LogP) is 3.60. The second-order valence-corrected chi connectivity index (χ2v) is 9.23. The van der Waals surface area contributed by atoms with E-state index in [0.29, 0.717) is 41.8 Å². The van der Waals surface area contributed by atoms with E-state index in [1.54, 1.807) is 27.3 Å². The number of fused-ring (bicyclic) bond motifs is 1. The van der Waals surface area contributed by atoms with Crippen molar-refractivity contribution in [2.75, 3.05) is 34.0 Å². The predicted molar refractivity (Wildman–Crippen MR) is 142 cm³/mol. The summed E-state index contributed by atoms with van der Waals surface area (Å²) in [5.74, 6) is 0.124. The molecule has 1 N–H and O–H groups in total. The van der Waals surface area contributed by atoms with Crippen LogP contribution in [0.3, 0.4) is 0 Å². The number of methoxy groups -OCH3 is 2. The molecule has 1 amide bonds. The van der Waals surface area contributed by atoms with E-state index >= 15 is 0 Å². The number of nitrogens with one attached hydrogen (secondary N) is 1. The number of nitrogens with zero attached hydrogens (tertiary/aromatic N) is 3. The van der Waals surface area contributed by atoms with Gasteiger partial charge in [-0.1, -0.05) is 30.0 Å². The van der Waals surface area contributed by atoms with Gasteiger partial charge in [-0.25, -0.2) is 9.79 Å². The maximum absolute atomic E-state index is 13.2. The minimum Gasteiger partial charge on any atom is -0.497 e. The molecule has 0 aliphatic carbocycles. The molecular formula is C27H30N4O5S. The number of carbonyl (C=O) groups is 2. The number of thioether (sulfide) groups is 1. The van der Waals surface area contributed by atoms with Crippen molar-refractivity contribution >= 4 is 28.8 Å². The van der Waals surface area contributed by atoms with Crippen molar-refractivity contribution < 1.29 is 23.8 Å². The molecule has 1 unspecified atom stereocenters. The molecule has 0 spiro atoms. The Morgan fingerprint density at radius 3 is 2.62 bits per heavy atom. The van der Waals surface area contributed by atoms with Crippen LogP contribution in [0.4, 0.5) is 0 Å². The topological polar surface area (TPSA) is 102 Å². The zero-order valence-electron chi connectivity index (χ0n) is 21.1. The zero-order chi connectivity index (χ0) is 26.2. The molecule has 1 aromatic carbocycles. The average molecular weight is 523 g/mol. The molecule has 0 fully saturated rings. The lowest BCUT2D eigenvalue weighted by atomic mass is 9.93. The summed E-state index contributed by atoms with van der Waals surface area (Å²) in [6, 6.07) is 12.7. The van der Waals surface area contributed by atoms with Gasteiger partial charge in [0.1, 0.15) is 12.4 Å². The standard InChI is InChI=1S/C27H30N4O5S/c1-18-24(26(33)36-15-14-34-2)25(19-7-9-22(35-3)10-8-19)31-21(17-37-27(31)30-18)16-23(32)29-13-11-20-6-4-5-12-28-20/h4-10,12,17,25H,11,13-16H2,1-3H3,(H,29,32). The first-order valence-corrected chi connectivity index (χ1v) is 12.8. The van der Waals surface area contributed by atoms with E-state index in [-0.39, 0.29) is 18.9 Å². The summed E-state index contributed by atoms with van der Waals surface area (Å²) >= 11 is 1.44. The smallest absolute Gasteiger partial charge is 0.338 e. The monoisotopic (exact) mass is 522 g/mol. The molecule has 0 radical (unpaired) electrons. The molecule has 1 atom stereocenters. The highest BCUT2D eigenvalue weighted by atomic mass is 32.2. The maximum atomic E-state index is 13.2. The molecular weight excluding hydrogens is 492 g/mol. The minimum atomic E-state index is -0.504. The van der Waals surface area contributed by atoms with Gasteiger partial charge in [-0.05, 0) is 42.2 Å². The molecule has 194 valence electrons. The lowest BCUT2D eigenvalue weighted by molar-refractivity contribution is -0.141. The third-order valence-corrected chi connectivity index (χ3v) is 6.83. The van der Waals surface area contributed by atoms with Crippen LogP contribution in [0, 0.1) is 0 Å². The summed E-state index contributed by atoms with van der Waals surface area (Å²) in [6.07, 6.45) is 2.53. The highest BCUT2D eigenvalue weighted by Gasteiger charge is 2.41. The van der Waals surface area contributed by atoms with E-state index in [1.165, 1.54) is 11.8 Å². The molecule has 2 aliphatic heterocycles. The number of allylic oxidation sites excluding steroid dienone is 1. The van der Waals surface area contributed by atoms with Gasteiger partial charge in [-0.15, -0.1) is 0 Å². The highest BCUT2D eigenvalue weighted by molar-refractivity contribution is 8.16. The minimum absolute atomic E-state index is 0.118. The summed E-state index contributed by atoms with van der Waals surface area (Å²) < 4.78 is 15.8. The Balaban J connectivity index is 1.55. The molecule has 4 rings (SSSR count).